The van der Waals surface area contributed by atoms with Gasteiger partial charge in [-0.05, 0) is 54.4 Å². The van der Waals surface area contributed by atoms with Crippen molar-refractivity contribution in [1.29, 1.82) is 0 Å². The van der Waals surface area contributed by atoms with E-state index in [1.165, 1.54) is 0 Å². The third kappa shape index (κ3) is 7.22. The first kappa shape index (κ1) is 23.1. The van der Waals surface area contributed by atoms with E-state index in [0.29, 0.717) is 17.8 Å². The van der Waals surface area contributed by atoms with Gasteiger partial charge in [-0.25, -0.2) is 15.3 Å². The molecule has 0 fully saturated rings. The van der Waals surface area contributed by atoms with Crippen LogP contribution < -0.4 is 37.2 Å². The van der Waals surface area contributed by atoms with Crippen LogP contribution in [0.1, 0.15) is 6.92 Å². The smallest absolute Gasteiger partial charge is 0.224 e. The van der Waals surface area contributed by atoms with Gasteiger partial charge >= 0.3 is 0 Å². The number of anilines is 2. The average Bonchev–Trinajstić information content (AvgIpc) is 2.78. The topological polar surface area (TPSA) is 121 Å². The summed E-state index contributed by atoms with van der Waals surface area (Å²) in [5.74, 6) is 0.532. The Labute approximate surface area is 202 Å². The molecular weight excluding hydrogens is 463 g/mol. The first-order valence-corrected chi connectivity index (χ1v) is 11.3. The standard InChI is InChI=1S/C21H26Cl2N10/c1-13(25-19-29-17(23)31-21(33-19)27-15-10-6-3-7-11-15)12-24-18-28-16(22)30-20(32-18)26-14-8-4-2-5-9-14/h2-11,13,19-21,25-27,33H,12H2,1H3,(H,29,31)(H2,24,28,30,32). The molecule has 10 nitrogen and oxygen atoms in total. The summed E-state index contributed by atoms with van der Waals surface area (Å²) in [6.45, 7) is 2.61. The number of amidine groups is 2. The number of aliphatic imine (C=N–C) groups is 3. The number of benzene rings is 2. The quantitative estimate of drug-likeness (QED) is 0.283. The SMILES string of the molecule is CC(CNC1=NC(Cl)=NC(Nc2ccccc2)N1)NC1NC(Cl)=NC(Nc2ccccc2)N1. The number of hydrogen-bond acceptors (Lipinski definition) is 10. The van der Waals surface area contributed by atoms with Gasteiger partial charge in [-0.15, -0.1) is 0 Å². The predicted octanol–water partition coefficient (Wildman–Crippen LogP) is 1.97. The summed E-state index contributed by atoms with van der Waals surface area (Å²) < 4.78 is 0. The molecule has 2 aromatic rings. The van der Waals surface area contributed by atoms with Crippen molar-refractivity contribution in [2.75, 3.05) is 17.2 Å². The van der Waals surface area contributed by atoms with Crippen molar-refractivity contribution in [3.05, 3.63) is 60.7 Å². The highest BCUT2D eigenvalue weighted by Crippen LogP contribution is 2.10. The van der Waals surface area contributed by atoms with E-state index >= 15 is 0 Å². The van der Waals surface area contributed by atoms with E-state index in [0.717, 1.165) is 11.4 Å². The van der Waals surface area contributed by atoms with Gasteiger partial charge in [0.05, 0.1) is 0 Å². The zero-order chi connectivity index (χ0) is 23.0. The molecule has 7 N–H and O–H groups in total. The lowest BCUT2D eigenvalue weighted by molar-refractivity contribution is 0.323. The fourth-order valence-corrected chi connectivity index (χ4v) is 3.62. The van der Waals surface area contributed by atoms with E-state index in [2.05, 4.69) is 52.2 Å². The van der Waals surface area contributed by atoms with Gasteiger partial charge in [-0.1, -0.05) is 36.4 Å². The molecule has 2 aliphatic rings. The lowest BCUT2D eigenvalue weighted by Crippen LogP contribution is -2.64. The van der Waals surface area contributed by atoms with Crippen LogP contribution in [0, 0.1) is 0 Å². The lowest BCUT2D eigenvalue weighted by Gasteiger charge is -2.33. The van der Waals surface area contributed by atoms with Crippen LogP contribution in [0.15, 0.2) is 75.6 Å². The molecule has 0 radical (unpaired) electrons. The summed E-state index contributed by atoms with van der Waals surface area (Å²) in [6, 6.07) is 19.6. The molecule has 2 aliphatic heterocycles. The van der Waals surface area contributed by atoms with Gasteiger partial charge < -0.3 is 26.6 Å². The molecule has 12 heteroatoms. The van der Waals surface area contributed by atoms with E-state index in [1.807, 2.05) is 67.6 Å². The van der Waals surface area contributed by atoms with Gasteiger partial charge in [0.1, 0.15) is 6.29 Å². The van der Waals surface area contributed by atoms with Gasteiger partial charge in [0.25, 0.3) is 0 Å². The van der Waals surface area contributed by atoms with Crippen molar-refractivity contribution in [2.45, 2.75) is 31.8 Å². The first-order valence-electron chi connectivity index (χ1n) is 10.5. The highest BCUT2D eigenvalue weighted by Gasteiger charge is 2.23. The van der Waals surface area contributed by atoms with Gasteiger partial charge in [-0.2, -0.15) is 4.99 Å². The number of nitrogens with zero attached hydrogens (tertiary/aromatic N) is 3. The Balaban J connectivity index is 1.25. The molecule has 0 spiro atoms. The van der Waals surface area contributed by atoms with E-state index in [1.54, 1.807) is 0 Å². The van der Waals surface area contributed by atoms with Crippen LogP contribution in [0.3, 0.4) is 0 Å². The Morgan fingerprint density at radius 1 is 0.879 bits per heavy atom. The number of nitrogens with one attached hydrogen (secondary N) is 7. The Hall–Kier alpha value is -3.05. The van der Waals surface area contributed by atoms with Gasteiger partial charge in [-0.3, -0.25) is 5.32 Å². The maximum absolute atomic E-state index is 6.19. The van der Waals surface area contributed by atoms with Crippen molar-refractivity contribution in [1.82, 2.24) is 26.6 Å². The Kier molecular flexibility index (Phi) is 7.84. The second-order valence-corrected chi connectivity index (χ2v) is 8.14. The van der Waals surface area contributed by atoms with Crippen molar-refractivity contribution < 1.29 is 0 Å². The maximum atomic E-state index is 6.19. The van der Waals surface area contributed by atoms with Crippen molar-refractivity contribution in [2.24, 2.45) is 15.0 Å². The zero-order valence-corrected chi connectivity index (χ0v) is 19.4. The molecular formula is C21H26Cl2N10. The summed E-state index contributed by atoms with van der Waals surface area (Å²) in [5, 5.41) is 23.3. The summed E-state index contributed by atoms with van der Waals surface area (Å²) in [5.41, 5.74) is 1.86. The molecule has 4 unspecified atom stereocenters. The van der Waals surface area contributed by atoms with Crippen LogP contribution in [-0.4, -0.2) is 48.0 Å². The summed E-state index contributed by atoms with van der Waals surface area (Å²) in [4.78, 5) is 12.8. The molecule has 0 bridgehead atoms. The predicted molar refractivity (Wildman–Crippen MR) is 136 cm³/mol. The molecule has 0 amide bonds. The zero-order valence-electron chi connectivity index (χ0n) is 17.9. The van der Waals surface area contributed by atoms with Crippen LogP contribution in [0.5, 0.6) is 0 Å². The summed E-state index contributed by atoms with van der Waals surface area (Å²) in [7, 11) is 0. The minimum Gasteiger partial charge on any atom is -0.354 e. The van der Waals surface area contributed by atoms with Crippen molar-refractivity contribution in [3.63, 3.8) is 0 Å². The molecule has 33 heavy (non-hydrogen) atoms. The fourth-order valence-electron chi connectivity index (χ4n) is 3.23. The van der Waals surface area contributed by atoms with E-state index in [9.17, 15) is 0 Å². The Bertz CT molecular complexity index is 999. The van der Waals surface area contributed by atoms with E-state index < -0.39 is 6.29 Å². The molecule has 0 aliphatic carbocycles. The third-order valence-corrected chi connectivity index (χ3v) is 5.11. The second-order valence-electron chi connectivity index (χ2n) is 7.44. The minimum atomic E-state index is -0.426. The fraction of sp³-hybridized carbons (Fsp3) is 0.286. The summed E-state index contributed by atoms with van der Waals surface area (Å²) >= 11 is 12.3. The van der Waals surface area contributed by atoms with Crippen LogP contribution in [0.4, 0.5) is 11.4 Å². The Morgan fingerprint density at radius 2 is 1.52 bits per heavy atom. The lowest BCUT2D eigenvalue weighted by atomic mass is 10.3. The molecule has 0 aromatic heterocycles. The van der Waals surface area contributed by atoms with E-state index in [4.69, 9.17) is 23.2 Å². The Morgan fingerprint density at radius 3 is 2.18 bits per heavy atom. The monoisotopic (exact) mass is 488 g/mol. The molecule has 4 atom stereocenters. The number of para-hydroxylation sites is 2. The van der Waals surface area contributed by atoms with Crippen molar-refractivity contribution >= 4 is 51.1 Å². The van der Waals surface area contributed by atoms with Crippen LogP contribution in [0.25, 0.3) is 0 Å². The molecule has 2 aromatic carbocycles. The molecule has 2 heterocycles. The minimum absolute atomic E-state index is 0.0395. The van der Waals surface area contributed by atoms with Crippen LogP contribution in [0.2, 0.25) is 0 Å². The third-order valence-electron chi connectivity index (χ3n) is 4.72. The molecule has 4 rings (SSSR count). The number of guanidine groups is 1. The second kappa shape index (κ2) is 11.2. The number of halogens is 2. The first-order chi connectivity index (χ1) is 16.0. The largest absolute Gasteiger partial charge is 0.354 e. The van der Waals surface area contributed by atoms with Gasteiger partial charge in [0, 0.05) is 24.0 Å². The normalized spacial score (nSPS) is 23.1. The maximum Gasteiger partial charge on any atom is 0.224 e. The van der Waals surface area contributed by atoms with Crippen molar-refractivity contribution in [3.8, 4) is 0 Å². The molecule has 0 saturated carbocycles. The van der Waals surface area contributed by atoms with Gasteiger partial charge in [0.15, 0.2) is 17.9 Å². The molecule has 0 saturated heterocycles. The van der Waals surface area contributed by atoms with Crippen LogP contribution in [-0.2, 0) is 0 Å². The number of hydrogen-bond donors (Lipinski definition) is 7. The van der Waals surface area contributed by atoms with Gasteiger partial charge in [0.2, 0.25) is 11.3 Å². The number of rotatable bonds is 8. The average molecular weight is 489 g/mol. The summed E-state index contributed by atoms with van der Waals surface area (Å²) in [6.07, 6.45) is -1.08. The highest BCUT2D eigenvalue weighted by molar-refractivity contribution is 6.65. The van der Waals surface area contributed by atoms with Crippen LogP contribution >= 0.6 is 23.2 Å². The highest BCUT2D eigenvalue weighted by atomic mass is 35.5. The molecule has 174 valence electrons. The van der Waals surface area contributed by atoms with E-state index in [-0.39, 0.29) is 23.9 Å².